The van der Waals surface area contributed by atoms with Crippen molar-refractivity contribution in [3.63, 3.8) is 0 Å². The van der Waals surface area contributed by atoms with Gasteiger partial charge in [0.05, 0.1) is 6.04 Å². The first-order valence-electron chi connectivity index (χ1n) is 10.0. The molecule has 1 saturated heterocycles. The van der Waals surface area contributed by atoms with E-state index < -0.39 is 0 Å². The predicted molar refractivity (Wildman–Crippen MR) is 105 cm³/mol. The number of carbonyl (C=O) groups is 1. The summed E-state index contributed by atoms with van der Waals surface area (Å²) >= 11 is 0. The fourth-order valence-corrected chi connectivity index (χ4v) is 3.93. The molecular formula is C22H32N2O. The van der Waals surface area contributed by atoms with E-state index in [9.17, 15) is 4.79 Å². The Morgan fingerprint density at radius 1 is 1.04 bits per heavy atom. The lowest BCUT2D eigenvalue weighted by molar-refractivity contribution is -0.121. The predicted octanol–water partition coefficient (Wildman–Crippen LogP) is 4.93. The van der Waals surface area contributed by atoms with Crippen molar-refractivity contribution in [3.8, 4) is 0 Å². The zero-order chi connectivity index (χ0) is 17.5. The van der Waals surface area contributed by atoms with Crippen molar-refractivity contribution in [3.05, 3.63) is 41.5 Å². The number of anilines is 1. The van der Waals surface area contributed by atoms with Gasteiger partial charge in [-0.2, -0.15) is 0 Å². The van der Waals surface area contributed by atoms with Gasteiger partial charge in [0.1, 0.15) is 0 Å². The van der Waals surface area contributed by atoms with Crippen LogP contribution in [0.4, 0.5) is 5.69 Å². The fourth-order valence-electron chi connectivity index (χ4n) is 3.93. The molecule has 0 saturated carbocycles. The van der Waals surface area contributed by atoms with Crippen LogP contribution in [-0.4, -0.2) is 29.9 Å². The van der Waals surface area contributed by atoms with E-state index in [4.69, 9.17) is 0 Å². The number of carbonyl (C=O) groups excluding carboxylic acids is 1. The number of nitrogens with one attached hydrogen (secondary N) is 1. The lowest BCUT2D eigenvalue weighted by Gasteiger charge is -2.31. The quantitative estimate of drug-likeness (QED) is 0.771. The summed E-state index contributed by atoms with van der Waals surface area (Å²) in [6.45, 7) is 4.11. The fraction of sp³-hybridized carbons (Fsp3) is 0.591. The third-order valence-corrected chi connectivity index (χ3v) is 5.61. The maximum Gasteiger partial charge on any atom is 0.241 e. The second-order valence-electron chi connectivity index (χ2n) is 7.60. The lowest BCUT2D eigenvalue weighted by Crippen LogP contribution is -2.44. The Labute approximate surface area is 152 Å². The van der Waals surface area contributed by atoms with Gasteiger partial charge in [0, 0.05) is 5.69 Å². The van der Waals surface area contributed by atoms with E-state index in [1.54, 1.807) is 5.57 Å². The second kappa shape index (κ2) is 9.19. The molecular weight excluding hydrogens is 308 g/mol. The smallest absolute Gasteiger partial charge is 0.241 e. The van der Waals surface area contributed by atoms with Crippen molar-refractivity contribution in [1.29, 1.82) is 0 Å². The van der Waals surface area contributed by atoms with E-state index >= 15 is 0 Å². The highest BCUT2D eigenvalue weighted by molar-refractivity contribution is 5.94. The Kier molecular flexibility index (Phi) is 6.69. The monoisotopic (exact) mass is 340 g/mol. The summed E-state index contributed by atoms with van der Waals surface area (Å²) in [5.74, 6) is 0.112. The van der Waals surface area contributed by atoms with Crippen LogP contribution in [0, 0.1) is 0 Å². The van der Waals surface area contributed by atoms with Gasteiger partial charge in [-0.1, -0.05) is 36.6 Å². The third kappa shape index (κ3) is 5.43. The molecule has 2 aliphatic rings. The molecule has 136 valence electrons. The van der Waals surface area contributed by atoms with Crippen LogP contribution in [-0.2, 0) is 11.2 Å². The molecule has 1 N–H and O–H groups in total. The summed E-state index contributed by atoms with van der Waals surface area (Å²) in [7, 11) is 0. The van der Waals surface area contributed by atoms with Gasteiger partial charge in [-0.05, 0) is 82.7 Å². The average Bonchev–Trinajstić information content (AvgIpc) is 2.92. The lowest BCUT2D eigenvalue weighted by atomic mass is 10.0. The first-order chi connectivity index (χ1) is 12.2. The molecule has 0 spiro atoms. The van der Waals surface area contributed by atoms with E-state index in [2.05, 4.69) is 28.4 Å². The van der Waals surface area contributed by atoms with Crippen LogP contribution in [0.3, 0.4) is 0 Å². The van der Waals surface area contributed by atoms with Crippen LogP contribution in [0.2, 0.25) is 0 Å². The highest BCUT2D eigenvalue weighted by Crippen LogP contribution is 2.22. The number of likely N-dealkylation sites (tertiary alicyclic amines) is 1. The molecule has 1 amide bonds. The first-order valence-corrected chi connectivity index (χ1v) is 10.0. The zero-order valence-corrected chi connectivity index (χ0v) is 15.6. The van der Waals surface area contributed by atoms with E-state index in [1.807, 2.05) is 19.1 Å². The van der Waals surface area contributed by atoms with Crippen LogP contribution in [0.15, 0.2) is 35.9 Å². The molecule has 1 unspecified atom stereocenters. The molecule has 1 atom stereocenters. The SMILES string of the molecule is CC(C(=O)Nc1ccc(CC2=CCCCCC2)cc1)N1CCCCC1. The third-order valence-electron chi connectivity index (χ3n) is 5.61. The number of nitrogens with zero attached hydrogens (tertiary/aromatic N) is 1. The molecule has 1 aliphatic carbocycles. The molecule has 1 heterocycles. The summed E-state index contributed by atoms with van der Waals surface area (Å²) in [6, 6.07) is 8.37. The number of benzene rings is 1. The van der Waals surface area contributed by atoms with Crippen molar-refractivity contribution in [1.82, 2.24) is 4.90 Å². The van der Waals surface area contributed by atoms with Crippen molar-refractivity contribution in [2.45, 2.75) is 70.8 Å². The van der Waals surface area contributed by atoms with Gasteiger partial charge >= 0.3 is 0 Å². The normalized spacial score (nSPS) is 20.4. The molecule has 3 nitrogen and oxygen atoms in total. The number of rotatable bonds is 5. The van der Waals surface area contributed by atoms with E-state index in [-0.39, 0.29) is 11.9 Å². The Bertz CT molecular complexity index is 585. The number of allylic oxidation sites excluding steroid dienone is 2. The summed E-state index contributed by atoms with van der Waals surface area (Å²) in [6.07, 6.45) is 13.7. The van der Waals surface area contributed by atoms with Crippen molar-refractivity contribution in [2.24, 2.45) is 0 Å². The number of hydrogen-bond donors (Lipinski definition) is 1. The minimum atomic E-state index is -0.0453. The minimum Gasteiger partial charge on any atom is -0.325 e. The molecule has 1 aromatic rings. The van der Waals surface area contributed by atoms with Crippen LogP contribution < -0.4 is 5.32 Å². The molecule has 1 aromatic carbocycles. The molecule has 3 rings (SSSR count). The summed E-state index contributed by atoms with van der Waals surface area (Å²) in [5.41, 5.74) is 3.83. The van der Waals surface area contributed by atoms with Gasteiger partial charge in [0.2, 0.25) is 5.91 Å². The van der Waals surface area contributed by atoms with Crippen molar-refractivity contribution in [2.75, 3.05) is 18.4 Å². The zero-order valence-electron chi connectivity index (χ0n) is 15.6. The highest BCUT2D eigenvalue weighted by Gasteiger charge is 2.22. The van der Waals surface area contributed by atoms with Crippen LogP contribution in [0.5, 0.6) is 0 Å². The minimum absolute atomic E-state index is 0.0453. The number of piperidine rings is 1. The topological polar surface area (TPSA) is 32.3 Å². The number of hydrogen-bond acceptors (Lipinski definition) is 2. The molecule has 0 bridgehead atoms. The Balaban J connectivity index is 1.53. The average molecular weight is 341 g/mol. The van der Waals surface area contributed by atoms with E-state index in [0.717, 1.165) is 25.2 Å². The molecule has 3 heteroatoms. The largest absolute Gasteiger partial charge is 0.325 e. The van der Waals surface area contributed by atoms with Crippen molar-refractivity contribution >= 4 is 11.6 Å². The standard InChI is InChI=1S/C22H32N2O/c1-18(24-15-7-4-8-16-24)22(25)23-21-13-11-20(12-14-21)17-19-9-5-2-3-6-10-19/h9,11-14,18H,2-8,10,15-17H2,1H3,(H,23,25). The molecule has 0 aromatic heterocycles. The van der Waals surface area contributed by atoms with E-state index in [1.165, 1.54) is 56.9 Å². The Morgan fingerprint density at radius 2 is 1.76 bits per heavy atom. The van der Waals surface area contributed by atoms with Gasteiger partial charge in [-0.3, -0.25) is 9.69 Å². The second-order valence-corrected chi connectivity index (χ2v) is 7.60. The van der Waals surface area contributed by atoms with Crippen LogP contribution >= 0.6 is 0 Å². The van der Waals surface area contributed by atoms with Crippen LogP contribution in [0.25, 0.3) is 0 Å². The van der Waals surface area contributed by atoms with Crippen molar-refractivity contribution < 1.29 is 4.79 Å². The maximum atomic E-state index is 12.5. The van der Waals surface area contributed by atoms with Gasteiger partial charge in [0.15, 0.2) is 0 Å². The first kappa shape index (κ1) is 18.2. The summed E-state index contributed by atoms with van der Waals surface area (Å²) in [4.78, 5) is 14.8. The number of amides is 1. The Hall–Kier alpha value is -1.61. The molecule has 25 heavy (non-hydrogen) atoms. The van der Waals surface area contributed by atoms with Crippen LogP contribution in [0.1, 0.15) is 63.9 Å². The Morgan fingerprint density at radius 3 is 2.52 bits per heavy atom. The highest BCUT2D eigenvalue weighted by atomic mass is 16.2. The molecule has 0 radical (unpaired) electrons. The maximum absolute atomic E-state index is 12.5. The summed E-state index contributed by atoms with van der Waals surface area (Å²) in [5, 5.41) is 3.08. The van der Waals surface area contributed by atoms with E-state index in [0.29, 0.717) is 0 Å². The van der Waals surface area contributed by atoms with Gasteiger partial charge < -0.3 is 5.32 Å². The molecule has 1 fully saturated rings. The summed E-state index contributed by atoms with van der Waals surface area (Å²) < 4.78 is 0. The van der Waals surface area contributed by atoms with Gasteiger partial charge in [-0.15, -0.1) is 0 Å². The van der Waals surface area contributed by atoms with Gasteiger partial charge in [-0.25, -0.2) is 0 Å². The molecule has 1 aliphatic heterocycles. The van der Waals surface area contributed by atoms with Gasteiger partial charge in [0.25, 0.3) is 0 Å².